The summed E-state index contributed by atoms with van der Waals surface area (Å²) in [4.78, 5) is 4.42. The fourth-order valence-electron chi connectivity index (χ4n) is 2.37. The summed E-state index contributed by atoms with van der Waals surface area (Å²) in [6.45, 7) is 2.72. The number of benzene rings is 1. The molecule has 18 heavy (non-hydrogen) atoms. The Balaban J connectivity index is 2.04. The maximum Gasteiger partial charge on any atom is 0.128 e. The largest absolute Gasteiger partial charge is 0.327 e. The lowest BCUT2D eigenvalue weighted by Crippen LogP contribution is -2.03. The zero-order valence-electron chi connectivity index (χ0n) is 10.4. The van der Waals surface area contributed by atoms with Gasteiger partial charge in [-0.1, -0.05) is 12.8 Å². The van der Waals surface area contributed by atoms with Gasteiger partial charge in [-0.05, 0) is 30.9 Å². The van der Waals surface area contributed by atoms with Crippen molar-refractivity contribution in [1.82, 2.24) is 9.55 Å². The number of alkyl halides is 1. The van der Waals surface area contributed by atoms with E-state index in [1.807, 2.05) is 6.07 Å². The number of halogens is 2. The maximum absolute atomic E-state index is 13.5. The lowest BCUT2D eigenvalue weighted by Gasteiger charge is -2.07. The van der Waals surface area contributed by atoms with Gasteiger partial charge < -0.3 is 4.57 Å². The van der Waals surface area contributed by atoms with E-state index in [4.69, 9.17) is 11.6 Å². The summed E-state index contributed by atoms with van der Waals surface area (Å²) in [6, 6.07) is 3.38. The van der Waals surface area contributed by atoms with E-state index < -0.39 is 0 Å². The van der Waals surface area contributed by atoms with Crippen LogP contribution in [0.3, 0.4) is 0 Å². The molecule has 4 heteroatoms. The van der Waals surface area contributed by atoms with Crippen LogP contribution in [0, 0.1) is 18.7 Å². The lowest BCUT2D eigenvalue weighted by molar-refractivity contribution is 0.593. The molecule has 1 aromatic heterocycles. The van der Waals surface area contributed by atoms with Crippen molar-refractivity contribution < 1.29 is 4.39 Å². The highest BCUT2D eigenvalue weighted by atomic mass is 35.5. The van der Waals surface area contributed by atoms with Crippen LogP contribution in [0.2, 0.25) is 0 Å². The van der Waals surface area contributed by atoms with Crippen LogP contribution in [-0.4, -0.2) is 9.55 Å². The summed E-state index contributed by atoms with van der Waals surface area (Å²) >= 11 is 5.94. The molecule has 1 aromatic carbocycles. The van der Waals surface area contributed by atoms with Crippen molar-refractivity contribution in [3.05, 3.63) is 29.3 Å². The van der Waals surface area contributed by atoms with E-state index in [2.05, 4.69) is 9.55 Å². The topological polar surface area (TPSA) is 17.8 Å². The van der Waals surface area contributed by atoms with Gasteiger partial charge in [0.05, 0.1) is 16.9 Å². The first-order chi connectivity index (χ1) is 8.69. The van der Waals surface area contributed by atoms with Crippen molar-refractivity contribution >= 4 is 22.6 Å². The van der Waals surface area contributed by atoms with Gasteiger partial charge in [-0.25, -0.2) is 9.37 Å². The van der Waals surface area contributed by atoms with Gasteiger partial charge in [0.25, 0.3) is 0 Å². The number of aromatic nitrogens is 2. The van der Waals surface area contributed by atoms with Gasteiger partial charge in [-0.2, -0.15) is 0 Å². The van der Waals surface area contributed by atoms with E-state index in [1.54, 1.807) is 6.92 Å². The molecule has 0 aliphatic heterocycles. The molecular formula is C14H16ClFN2. The van der Waals surface area contributed by atoms with E-state index in [0.29, 0.717) is 17.0 Å². The van der Waals surface area contributed by atoms with Crippen LogP contribution in [0.5, 0.6) is 0 Å². The van der Waals surface area contributed by atoms with Crippen LogP contribution in [-0.2, 0) is 12.4 Å². The number of imidazole rings is 1. The Kier molecular flexibility index (Phi) is 3.02. The fourth-order valence-corrected chi connectivity index (χ4v) is 2.57. The predicted molar refractivity (Wildman–Crippen MR) is 71.3 cm³/mol. The molecular weight excluding hydrogens is 251 g/mol. The third-order valence-electron chi connectivity index (χ3n) is 3.69. The minimum atomic E-state index is -0.199. The molecule has 3 rings (SSSR count). The molecule has 1 fully saturated rings. The normalized spacial score (nSPS) is 15.5. The van der Waals surface area contributed by atoms with Gasteiger partial charge in [0.2, 0.25) is 0 Å². The van der Waals surface area contributed by atoms with Gasteiger partial charge in [0, 0.05) is 12.6 Å². The minimum absolute atomic E-state index is 0.199. The Bertz CT molecular complexity index is 587. The Hall–Kier alpha value is -1.09. The van der Waals surface area contributed by atoms with Crippen LogP contribution in [0.15, 0.2) is 12.1 Å². The average Bonchev–Trinajstić information content (AvgIpc) is 3.11. The van der Waals surface area contributed by atoms with Gasteiger partial charge in [0.15, 0.2) is 0 Å². The fraction of sp³-hybridized carbons (Fsp3) is 0.500. The molecule has 96 valence electrons. The van der Waals surface area contributed by atoms with Crippen LogP contribution in [0.1, 0.15) is 30.7 Å². The molecule has 1 heterocycles. The van der Waals surface area contributed by atoms with E-state index in [1.165, 1.54) is 25.3 Å². The molecule has 2 nitrogen and oxygen atoms in total. The molecule has 0 atom stereocenters. The summed E-state index contributed by atoms with van der Waals surface area (Å²) in [5.74, 6) is 1.89. The monoisotopic (exact) mass is 266 g/mol. The molecule has 1 aliphatic rings. The summed E-state index contributed by atoms with van der Waals surface area (Å²) < 4.78 is 15.7. The second-order valence-corrected chi connectivity index (χ2v) is 5.40. The maximum atomic E-state index is 13.5. The third-order valence-corrected chi connectivity index (χ3v) is 3.92. The molecule has 2 aromatic rings. The smallest absolute Gasteiger partial charge is 0.128 e. The number of aryl methyl sites for hydroxylation is 2. The number of nitrogens with zero attached hydrogens (tertiary/aromatic N) is 2. The first-order valence-corrected chi connectivity index (χ1v) is 6.93. The van der Waals surface area contributed by atoms with Crippen LogP contribution in [0.25, 0.3) is 11.0 Å². The second kappa shape index (κ2) is 4.54. The molecule has 0 saturated heterocycles. The van der Waals surface area contributed by atoms with E-state index in [-0.39, 0.29) is 5.82 Å². The summed E-state index contributed by atoms with van der Waals surface area (Å²) in [7, 11) is 0. The number of hydrogen-bond acceptors (Lipinski definition) is 1. The highest BCUT2D eigenvalue weighted by Crippen LogP contribution is 2.33. The number of rotatable bonds is 4. The van der Waals surface area contributed by atoms with Gasteiger partial charge >= 0.3 is 0 Å². The van der Waals surface area contributed by atoms with Crippen molar-refractivity contribution in [3.63, 3.8) is 0 Å². The predicted octanol–water partition coefficient (Wildman–Crippen LogP) is 4.02. The molecule has 0 N–H and O–H groups in total. The highest BCUT2D eigenvalue weighted by Gasteiger charge is 2.22. The SMILES string of the molecule is Cc1cc2c(cc1F)nc(CCl)n2CCC1CC1. The first kappa shape index (κ1) is 12.0. The van der Waals surface area contributed by atoms with Crippen LogP contribution < -0.4 is 0 Å². The Labute approximate surface area is 111 Å². The molecule has 0 spiro atoms. The molecule has 0 bridgehead atoms. The van der Waals surface area contributed by atoms with Gasteiger partial charge in [-0.3, -0.25) is 0 Å². The summed E-state index contributed by atoms with van der Waals surface area (Å²) in [6.07, 6.45) is 3.86. The zero-order valence-corrected chi connectivity index (χ0v) is 11.2. The highest BCUT2D eigenvalue weighted by molar-refractivity contribution is 6.16. The van der Waals surface area contributed by atoms with Crippen molar-refractivity contribution in [2.24, 2.45) is 5.92 Å². The standard InChI is InChI=1S/C14H16ClFN2/c1-9-6-13-12(7-11(9)16)17-14(8-15)18(13)5-4-10-2-3-10/h6-7,10H,2-5,8H2,1H3. The van der Waals surface area contributed by atoms with Gasteiger partial charge in [-0.15, -0.1) is 11.6 Å². The molecule has 0 unspecified atom stereocenters. The van der Waals surface area contributed by atoms with Crippen molar-refractivity contribution in [2.75, 3.05) is 0 Å². The minimum Gasteiger partial charge on any atom is -0.327 e. The molecule has 0 amide bonds. The van der Waals surface area contributed by atoms with Crippen molar-refractivity contribution in [2.45, 2.75) is 38.6 Å². The van der Waals surface area contributed by atoms with Crippen LogP contribution >= 0.6 is 11.6 Å². The molecule has 0 radical (unpaired) electrons. The number of hydrogen-bond donors (Lipinski definition) is 0. The Morgan fingerprint density at radius 1 is 1.44 bits per heavy atom. The van der Waals surface area contributed by atoms with Crippen molar-refractivity contribution in [3.8, 4) is 0 Å². The number of fused-ring (bicyclic) bond motifs is 1. The van der Waals surface area contributed by atoms with E-state index in [9.17, 15) is 4.39 Å². The molecule has 1 aliphatic carbocycles. The lowest BCUT2D eigenvalue weighted by atomic mass is 10.2. The Morgan fingerprint density at radius 2 is 2.22 bits per heavy atom. The van der Waals surface area contributed by atoms with Crippen molar-refractivity contribution in [1.29, 1.82) is 0 Å². The van der Waals surface area contributed by atoms with E-state index in [0.717, 1.165) is 23.8 Å². The van der Waals surface area contributed by atoms with E-state index >= 15 is 0 Å². The summed E-state index contributed by atoms with van der Waals surface area (Å²) in [5.41, 5.74) is 2.38. The zero-order chi connectivity index (χ0) is 12.7. The Morgan fingerprint density at radius 3 is 2.89 bits per heavy atom. The second-order valence-electron chi connectivity index (χ2n) is 5.14. The molecule has 1 saturated carbocycles. The summed E-state index contributed by atoms with van der Waals surface area (Å²) in [5, 5.41) is 0. The van der Waals surface area contributed by atoms with Gasteiger partial charge in [0.1, 0.15) is 11.6 Å². The third kappa shape index (κ3) is 2.12. The average molecular weight is 267 g/mol. The first-order valence-electron chi connectivity index (χ1n) is 6.40. The quantitative estimate of drug-likeness (QED) is 0.764. The van der Waals surface area contributed by atoms with Crippen LogP contribution in [0.4, 0.5) is 4.39 Å².